The number of hydrogen-bond acceptors (Lipinski definition) is 4. The molecule has 0 spiro atoms. The van der Waals surface area contributed by atoms with Gasteiger partial charge in [-0.05, 0) is 37.4 Å². The molecule has 2 amide bonds. The summed E-state index contributed by atoms with van der Waals surface area (Å²) < 4.78 is 0. The monoisotopic (exact) mass is 463 g/mol. The van der Waals surface area contributed by atoms with Crippen molar-refractivity contribution in [2.45, 2.75) is 45.7 Å². The highest BCUT2D eigenvalue weighted by Gasteiger charge is 2.39. The normalized spacial score (nSPS) is 19.6. The van der Waals surface area contributed by atoms with Crippen molar-refractivity contribution >= 4 is 29.2 Å². The zero-order chi connectivity index (χ0) is 22.8. The van der Waals surface area contributed by atoms with E-state index in [4.69, 9.17) is 23.2 Å². The van der Waals surface area contributed by atoms with Crippen molar-refractivity contribution in [2.75, 3.05) is 27.2 Å². The fourth-order valence-electron chi connectivity index (χ4n) is 4.59. The third-order valence-electron chi connectivity index (χ3n) is 6.18. The first-order chi connectivity index (χ1) is 14.7. The number of aromatic nitrogens is 2. The molecule has 2 heterocycles. The highest BCUT2D eigenvalue weighted by atomic mass is 35.5. The number of urea groups is 1. The molecule has 1 aliphatic heterocycles. The smallest absolute Gasteiger partial charge is 0.317 e. The topological polar surface area (TPSA) is 61.4 Å². The van der Waals surface area contributed by atoms with Crippen LogP contribution in [0, 0.1) is 5.41 Å². The van der Waals surface area contributed by atoms with Crippen LogP contribution in [0.5, 0.6) is 0 Å². The molecule has 0 aliphatic carbocycles. The maximum absolute atomic E-state index is 13.1. The Hall–Kier alpha value is -1.89. The van der Waals surface area contributed by atoms with Crippen LogP contribution in [0.15, 0.2) is 30.7 Å². The van der Waals surface area contributed by atoms with Crippen LogP contribution in [0.25, 0.3) is 11.3 Å². The average molecular weight is 464 g/mol. The number of carbonyl (C=O) groups excluding carboxylic acids is 1. The molecule has 1 aliphatic rings. The van der Waals surface area contributed by atoms with E-state index in [-0.39, 0.29) is 23.5 Å². The molecule has 168 valence electrons. The van der Waals surface area contributed by atoms with Gasteiger partial charge in [0.1, 0.15) is 0 Å². The first kappa shape index (κ1) is 23.8. The molecular weight excluding hydrogens is 433 g/mol. The molecule has 1 N–H and O–H groups in total. The number of halogens is 2. The lowest BCUT2D eigenvalue weighted by Crippen LogP contribution is -2.57. The average Bonchev–Trinajstić information content (AvgIpc) is 2.73. The zero-order valence-electron chi connectivity index (χ0n) is 18.8. The van der Waals surface area contributed by atoms with Crippen molar-refractivity contribution in [3.63, 3.8) is 0 Å². The summed E-state index contributed by atoms with van der Waals surface area (Å²) in [5.41, 5.74) is 2.18. The largest absolute Gasteiger partial charge is 0.331 e. The second kappa shape index (κ2) is 9.72. The third-order valence-corrected chi connectivity index (χ3v) is 7.08. The van der Waals surface area contributed by atoms with Gasteiger partial charge in [0, 0.05) is 37.6 Å². The lowest BCUT2D eigenvalue weighted by atomic mass is 9.78. The SMILES string of the molecule is CCC(NC(=O)N(C)C1CCN(C)CC1(C)C)c1ccc(-c2cnccn2)c(Cl)c1Cl. The van der Waals surface area contributed by atoms with Gasteiger partial charge >= 0.3 is 6.03 Å². The summed E-state index contributed by atoms with van der Waals surface area (Å²) in [7, 11) is 4.01. The highest BCUT2D eigenvalue weighted by Crippen LogP contribution is 2.38. The first-order valence-electron chi connectivity index (χ1n) is 10.6. The summed E-state index contributed by atoms with van der Waals surface area (Å²) in [5.74, 6) is 0. The van der Waals surface area contributed by atoms with Gasteiger partial charge in [0.15, 0.2) is 0 Å². The van der Waals surface area contributed by atoms with Crippen LogP contribution in [-0.2, 0) is 0 Å². The molecular formula is C23H31Cl2N5O. The third kappa shape index (κ3) is 5.13. The minimum absolute atomic E-state index is 0.0140. The molecule has 2 unspecified atom stereocenters. The van der Waals surface area contributed by atoms with Crippen LogP contribution in [-0.4, -0.2) is 59.0 Å². The van der Waals surface area contributed by atoms with Gasteiger partial charge in [-0.25, -0.2) is 4.79 Å². The van der Waals surface area contributed by atoms with E-state index in [2.05, 4.69) is 41.1 Å². The highest BCUT2D eigenvalue weighted by molar-refractivity contribution is 6.44. The van der Waals surface area contributed by atoms with Crippen molar-refractivity contribution in [1.82, 2.24) is 25.1 Å². The fourth-order valence-corrected chi connectivity index (χ4v) is 5.16. The van der Waals surface area contributed by atoms with Crippen LogP contribution >= 0.6 is 23.2 Å². The molecule has 1 aromatic heterocycles. The molecule has 1 saturated heterocycles. The fraction of sp³-hybridized carbons (Fsp3) is 0.522. The predicted molar refractivity (Wildman–Crippen MR) is 126 cm³/mol. The number of amides is 2. The predicted octanol–water partition coefficient (Wildman–Crippen LogP) is 5.27. The maximum Gasteiger partial charge on any atom is 0.317 e. The van der Waals surface area contributed by atoms with Crippen LogP contribution in [0.2, 0.25) is 10.0 Å². The summed E-state index contributed by atoms with van der Waals surface area (Å²) in [6.45, 7) is 8.39. The standard InChI is InChI=1S/C23H31Cl2N5O/c1-6-17(28-22(31)30(5)19-9-12-29(4)14-23(19,2)3)15-7-8-16(21(25)20(15)24)18-13-26-10-11-27-18/h7-8,10-11,13,17,19H,6,9,12,14H2,1-5H3,(H,28,31). The Bertz CT molecular complexity index is 922. The zero-order valence-corrected chi connectivity index (χ0v) is 20.3. The Balaban J connectivity index is 1.79. The summed E-state index contributed by atoms with van der Waals surface area (Å²) in [6, 6.07) is 3.61. The molecule has 0 saturated carbocycles. The Labute approximate surface area is 195 Å². The van der Waals surface area contributed by atoms with Gasteiger partial charge < -0.3 is 15.1 Å². The Morgan fingerprint density at radius 1 is 1.32 bits per heavy atom. The first-order valence-corrected chi connectivity index (χ1v) is 11.4. The van der Waals surface area contributed by atoms with E-state index in [0.717, 1.165) is 30.6 Å². The van der Waals surface area contributed by atoms with Gasteiger partial charge in [-0.3, -0.25) is 9.97 Å². The summed E-state index contributed by atoms with van der Waals surface area (Å²) in [6.07, 6.45) is 6.51. The minimum Gasteiger partial charge on any atom is -0.331 e. The van der Waals surface area contributed by atoms with Gasteiger partial charge in [0.25, 0.3) is 0 Å². The molecule has 3 rings (SSSR count). The van der Waals surface area contributed by atoms with E-state index in [1.807, 2.05) is 31.0 Å². The number of benzene rings is 1. The summed E-state index contributed by atoms with van der Waals surface area (Å²) in [4.78, 5) is 25.7. The number of nitrogens with one attached hydrogen (secondary N) is 1. The lowest BCUT2D eigenvalue weighted by molar-refractivity contribution is 0.0444. The Kier molecular flexibility index (Phi) is 7.45. The summed E-state index contributed by atoms with van der Waals surface area (Å²) in [5, 5.41) is 4.00. The van der Waals surface area contributed by atoms with Crippen LogP contribution in [0.4, 0.5) is 4.79 Å². The number of rotatable bonds is 5. The van der Waals surface area contributed by atoms with Crippen LogP contribution in [0.1, 0.15) is 45.2 Å². The molecule has 2 atom stereocenters. The van der Waals surface area contributed by atoms with Gasteiger partial charge in [0.2, 0.25) is 0 Å². The van der Waals surface area contributed by atoms with E-state index >= 15 is 0 Å². The molecule has 6 nitrogen and oxygen atoms in total. The van der Waals surface area contributed by atoms with Crippen molar-refractivity contribution in [3.05, 3.63) is 46.3 Å². The van der Waals surface area contributed by atoms with Crippen molar-refractivity contribution in [3.8, 4) is 11.3 Å². The van der Waals surface area contributed by atoms with E-state index < -0.39 is 0 Å². The molecule has 1 fully saturated rings. The van der Waals surface area contributed by atoms with E-state index in [0.29, 0.717) is 22.2 Å². The second-order valence-electron chi connectivity index (χ2n) is 8.97. The van der Waals surface area contributed by atoms with Crippen molar-refractivity contribution in [2.24, 2.45) is 5.41 Å². The number of carbonyl (C=O) groups is 1. The number of piperidine rings is 1. The quantitative estimate of drug-likeness (QED) is 0.655. The van der Waals surface area contributed by atoms with Crippen LogP contribution < -0.4 is 5.32 Å². The number of hydrogen-bond donors (Lipinski definition) is 1. The second-order valence-corrected chi connectivity index (χ2v) is 9.73. The molecule has 1 aromatic carbocycles. The van der Waals surface area contributed by atoms with Crippen LogP contribution in [0.3, 0.4) is 0 Å². The van der Waals surface area contributed by atoms with Gasteiger partial charge in [-0.1, -0.05) is 56.1 Å². The number of nitrogens with zero attached hydrogens (tertiary/aromatic N) is 4. The maximum atomic E-state index is 13.1. The van der Waals surface area contributed by atoms with E-state index in [1.54, 1.807) is 18.6 Å². The van der Waals surface area contributed by atoms with Gasteiger partial charge in [-0.2, -0.15) is 0 Å². The lowest BCUT2D eigenvalue weighted by Gasteiger charge is -2.47. The van der Waals surface area contributed by atoms with Crippen molar-refractivity contribution in [1.29, 1.82) is 0 Å². The van der Waals surface area contributed by atoms with E-state index in [1.165, 1.54) is 0 Å². The molecule has 31 heavy (non-hydrogen) atoms. The molecule has 0 bridgehead atoms. The van der Waals surface area contributed by atoms with Gasteiger partial charge in [0.05, 0.1) is 28.0 Å². The van der Waals surface area contributed by atoms with Crippen molar-refractivity contribution < 1.29 is 4.79 Å². The molecule has 8 heteroatoms. The van der Waals surface area contributed by atoms with Gasteiger partial charge in [-0.15, -0.1) is 0 Å². The molecule has 0 radical (unpaired) electrons. The molecule has 2 aromatic rings. The summed E-state index contributed by atoms with van der Waals surface area (Å²) >= 11 is 13.2. The Morgan fingerprint density at radius 2 is 2.06 bits per heavy atom. The Morgan fingerprint density at radius 3 is 2.68 bits per heavy atom. The minimum atomic E-state index is -0.245. The number of likely N-dealkylation sites (tertiary alicyclic amines) is 1. The van der Waals surface area contributed by atoms with E-state index in [9.17, 15) is 4.79 Å².